The Morgan fingerprint density at radius 3 is 2.74 bits per heavy atom. The van der Waals surface area contributed by atoms with Crippen molar-refractivity contribution in [1.29, 1.82) is 0 Å². The standard InChI is InChI=1S/C25H37F3N4O3/c1-3-34-17-24(7-4-20(15-24)30-21-6-13-35-16-18(21)2)23(33)32-11-9-31(10-12-32)22-14-19(5-8-29-22)25(26,27)28/h5,8,14,18,20-21,30H,3-4,6-7,9-13,15-17H2,1-2H3/t18-,20-,21-,24?/m1/s1. The maximum Gasteiger partial charge on any atom is 0.416 e. The molecular weight excluding hydrogens is 461 g/mol. The Kier molecular flexibility index (Phi) is 8.23. The van der Waals surface area contributed by atoms with Crippen molar-refractivity contribution in [1.82, 2.24) is 15.2 Å². The van der Waals surface area contributed by atoms with Crippen LogP contribution in [0.3, 0.4) is 0 Å². The molecule has 3 fully saturated rings. The zero-order valence-electron chi connectivity index (χ0n) is 20.6. The number of nitrogens with zero attached hydrogens (tertiary/aromatic N) is 3. The first kappa shape index (κ1) is 26.2. The number of anilines is 1. The van der Waals surface area contributed by atoms with Gasteiger partial charge in [-0.1, -0.05) is 6.92 Å². The molecule has 2 aliphatic heterocycles. The molecule has 1 aliphatic carbocycles. The van der Waals surface area contributed by atoms with Crippen molar-refractivity contribution < 1.29 is 27.4 Å². The van der Waals surface area contributed by atoms with Crippen LogP contribution >= 0.6 is 0 Å². The molecule has 1 aromatic rings. The van der Waals surface area contributed by atoms with Gasteiger partial charge in [0.05, 0.1) is 24.2 Å². The van der Waals surface area contributed by atoms with Crippen LogP contribution in [0.15, 0.2) is 18.3 Å². The summed E-state index contributed by atoms with van der Waals surface area (Å²) in [6.45, 7) is 8.44. The van der Waals surface area contributed by atoms with Gasteiger partial charge in [0.1, 0.15) is 5.82 Å². The first-order chi connectivity index (χ1) is 16.7. The molecule has 0 aromatic carbocycles. The van der Waals surface area contributed by atoms with E-state index in [1.807, 2.05) is 16.7 Å². The first-order valence-corrected chi connectivity index (χ1v) is 12.7. The molecule has 10 heteroatoms. The Morgan fingerprint density at radius 1 is 1.29 bits per heavy atom. The van der Waals surface area contributed by atoms with E-state index in [-0.39, 0.29) is 11.9 Å². The summed E-state index contributed by atoms with van der Waals surface area (Å²) in [5.74, 6) is 0.845. The van der Waals surface area contributed by atoms with Gasteiger partial charge in [-0.15, -0.1) is 0 Å². The van der Waals surface area contributed by atoms with Crippen LogP contribution in [0.1, 0.15) is 45.1 Å². The smallest absolute Gasteiger partial charge is 0.381 e. The highest BCUT2D eigenvalue weighted by Crippen LogP contribution is 2.41. The van der Waals surface area contributed by atoms with Crippen LogP contribution in [0.4, 0.5) is 19.0 Å². The zero-order valence-corrected chi connectivity index (χ0v) is 20.6. The number of hydrogen-bond donors (Lipinski definition) is 1. The Morgan fingerprint density at radius 2 is 2.06 bits per heavy atom. The lowest BCUT2D eigenvalue weighted by atomic mass is 9.84. The molecular formula is C25H37F3N4O3. The predicted molar refractivity (Wildman–Crippen MR) is 126 cm³/mol. The summed E-state index contributed by atoms with van der Waals surface area (Å²) in [5.41, 5.74) is -1.27. The average molecular weight is 499 g/mol. The molecule has 4 rings (SSSR count). The minimum atomic E-state index is -4.41. The largest absolute Gasteiger partial charge is 0.416 e. The van der Waals surface area contributed by atoms with Crippen LogP contribution in [0, 0.1) is 11.3 Å². The summed E-state index contributed by atoms with van der Waals surface area (Å²) in [6, 6.07) is 2.72. The average Bonchev–Trinajstić information content (AvgIpc) is 3.27. The summed E-state index contributed by atoms with van der Waals surface area (Å²) in [4.78, 5) is 21.6. The predicted octanol–water partition coefficient (Wildman–Crippen LogP) is 3.34. The van der Waals surface area contributed by atoms with Gasteiger partial charge in [0.15, 0.2) is 0 Å². The second kappa shape index (κ2) is 11.0. The number of amides is 1. The molecule has 1 N–H and O–H groups in total. The van der Waals surface area contributed by atoms with E-state index in [9.17, 15) is 18.0 Å². The Hall–Kier alpha value is -1.91. The minimum Gasteiger partial charge on any atom is -0.381 e. The zero-order chi connectivity index (χ0) is 25.1. The summed E-state index contributed by atoms with van der Waals surface area (Å²) in [6.07, 6.45) is 0.211. The van der Waals surface area contributed by atoms with E-state index in [0.29, 0.717) is 57.2 Å². The molecule has 1 aromatic heterocycles. The molecule has 3 heterocycles. The number of pyridine rings is 1. The number of aromatic nitrogens is 1. The molecule has 3 aliphatic rings. The topological polar surface area (TPSA) is 66.9 Å². The number of carbonyl (C=O) groups is 1. The lowest BCUT2D eigenvalue weighted by Crippen LogP contribution is -2.54. The summed E-state index contributed by atoms with van der Waals surface area (Å²) >= 11 is 0. The molecule has 0 spiro atoms. The fourth-order valence-corrected chi connectivity index (χ4v) is 5.63. The van der Waals surface area contributed by atoms with Crippen molar-refractivity contribution in [3.63, 3.8) is 0 Å². The molecule has 35 heavy (non-hydrogen) atoms. The van der Waals surface area contributed by atoms with E-state index >= 15 is 0 Å². The molecule has 1 saturated carbocycles. The van der Waals surface area contributed by atoms with Gasteiger partial charge >= 0.3 is 6.18 Å². The molecule has 2 saturated heterocycles. The quantitative estimate of drug-likeness (QED) is 0.622. The fraction of sp³-hybridized carbons (Fsp3) is 0.760. The van der Waals surface area contributed by atoms with Gasteiger partial charge in [-0.2, -0.15) is 13.2 Å². The number of halogens is 3. The van der Waals surface area contributed by atoms with Gasteiger partial charge in [0.25, 0.3) is 0 Å². The molecule has 7 nitrogen and oxygen atoms in total. The third-order valence-corrected chi connectivity index (χ3v) is 7.70. The highest BCUT2D eigenvalue weighted by Gasteiger charge is 2.48. The van der Waals surface area contributed by atoms with E-state index in [0.717, 1.165) is 51.0 Å². The van der Waals surface area contributed by atoms with Gasteiger partial charge in [-0.3, -0.25) is 4.79 Å². The van der Waals surface area contributed by atoms with Crippen LogP contribution < -0.4 is 10.2 Å². The van der Waals surface area contributed by atoms with E-state index in [1.165, 1.54) is 6.20 Å². The van der Waals surface area contributed by atoms with Crippen LogP contribution in [0.25, 0.3) is 0 Å². The third-order valence-electron chi connectivity index (χ3n) is 7.70. The van der Waals surface area contributed by atoms with Gasteiger partial charge < -0.3 is 24.6 Å². The van der Waals surface area contributed by atoms with Crippen molar-refractivity contribution in [3.05, 3.63) is 23.9 Å². The molecule has 0 bridgehead atoms. The SMILES string of the molecule is CCOCC1(C(=O)N2CCN(c3cc(C(F)(F)F)ccn3)CC2)CC[C@@H](N[C@@H]2CCOC[C@H]2C)C1. The maximum absolute atomic E-state index is 13.8. The van der Waals surface area contributed by atoms with E-state index in [4.69, 9.17) is 9.47 Å². The normalized spacial score (nSPS) is 30.0. The second-order valence-electron chi connectivity index (χ2n) is 10.2. The minimum absolute atomic E-state index is 0.104. The van der Waals surface area contributed by atoms with Crippen molar-refractivity contribution in [2.45, 2.75) is 57.8 Å². The van der Waals surface area contributed by atoms with Crippen LogP contribution in [-0.4, -0.2) is 80.5 Å². The third kappa shape index (κ3) is 6.09. The molecule has 1 amide bonds. The summed E-state index contributed by atoms with van der Waals surface area (Å²) < 4.78 is 50.7. The number of carbonyl (C=O) groups excluding carboxylic acids is 1. The van der Waals surface area contributed by atoms with E-state index in [1.54, 1.807) is 0 Å². The second-order valence-corrected chi connectivity index (χ2v) is 10.2. The van der Waals surface area contributed by atoms with Gasteiger partial charge in [-0.05, 0) is 50.7 Å². The van der Waals surface area contributed by atoms with E-state index < -0.39 is 17.2 Å². The van der Waals surface area contributed by atoms with Crippen LogP contribution in [-0.2, 0) is 20.4 Å². The van der Waals surface area contributed by atoms with Crippen molar-refractivity contribution >= 4 is 11.7 Å². The molecule has 4 atom stereocenters. The van der Waals surface area contributed by atoms with Gasteiger partial charge in [0.2, 0.25) is 5.91 Å². The lowest BCUT2D eigenvalue weighted by molar-refractivity contribution is -0.146. The van der Waals surface area contributed by atoms with E-state index in [2.05, 4.69) is 17.2 Å². The highest BCUT2D eigenvalue weighted by molar-refractivity contribution is 5.83. The molecule has 0 radical (unpaired) electrons. The summed E-state index contributed by atoms with van der Waals surface area (Å²) in [7, 11) is 0. The van der Waals surface area contributed by atoms with Gasteiger partial charge in [0, 0.05) is 57.7 Å². The Balaban J connectivity index is 1.38. The Bertz CT molecular complexity index is 863. The van der Waals surface area contributed by atoms with Crippen molar-refractivity contribution in [2.75, 3.05) is 57.5 Å². The number of piperazine rings is 1. The number of nitrogens with one attached hydrogen (secondary N) is 1. The number of rotatable bonds is 7. The Labute approximate surface area is 205 Å². The monoisotopic (exact) mass is 498 g/mol. The number of hydrogen-bond acceptors (Lipinski definition) is 6. The number of ether oxygens (including phenoxy) is 2. The van der Waals surface area contributed by atoms with Crippen LogP contribution in [0.2, 0.25) is 0 Å². The first-order valence-electron chi connectivity index (χ1n) is 12.7. The van der Waals surface area contributed by atoms with Crippen molar-refractivity contribution in [3.8, 4) is 0 Å². The summed E-state index contributed by atoms with van der Waals surface area (Å²) in [5, 5.41) is 3.79. The highest BCUT2D eigenvalue weighted by atomic mass is 19.4. The van der Waals surface area contributed by atoms with Crippen molar-refractivity contribution in [2.24, 2.45) is 11.3 Å². The lowest BCUT2D eigenvalue weighted by Gasteiger charge is -2.40. The maximum atomic E-state index is 13.8. The van der Waals surface area contributed by atoms with Gasteiger partial charge in [-0.25, -0.2) is 4.98 Å². The molecule has 1 unspecified atom stereocenters. The fourth-order valence-electron chi connectivity index (χ4n) is 5.63. The molecule has 196 valence electrons. The number of alkyl halides is 3. The van der Waals surface area contributed by atoms with Crippen LogP contribution in [0.5, 0.6) is 0 Å².